The van der Waals surface area contributed by atoms with Crippen molar-refractivity contribution in [2.24, 2.45) is 0 Å². The Morgan fingerprint density at radius 2 is 2.26 bits per heavy atom. The van der Waals surface area contributed by atoms with Crippen LogP contribution in [0, 0.1) is 6.92 Å². The fraction of sp³-hybridized carbons (Fsp3) is 0.438. The number of rotatable bonds is 4. The van der Waals surface area contributed by atoms with Gasteiger partial charge in [0.25, 0.3) is 5.91 Å². The van der Waals surface area contributed by atoms with Crippen molar-refractivity contribution in [2.45, 2.75) is 25.9 Å². The van der Waals surface area contributed by atoms with Crippen molar-refractivity contribution < 1.29 is 9.53 Å². The zero-order chi connectivity index (χ0) is 16.1. The Labute approximate surface area is 134 Å². The molecular weight excluding hydrogens is 294 g/mol. The maximum absolute atomic E-state index is 12.4. The molecule has 120 valence electrons. The van der Waals surface area contributed by atoms with Crippen molar-refractivity contribution in [3.63, 3.8) is 0 Å². The average Bonchev–Trinajstić information content (AvgIpc) is 2.60. The largest absolute Gasteiger partial charge is 0.375 e. The molecule has 1 fully saturated rings. The summed E-state index contributed by atoms with van der Waals surface area (Å²) in [6.45, 7) is 3.64. The van der Waals surface area contributed by atoms with Gasteiger partial charge in [-0.2, -0.15) is 0 Å². The number of aryl methyl sites for hydroxylation is 2. The number of carbonyl (C=O) groups is 1. The zero-order valence-corrected chi connectivity index (χ0v) is 13.1. The number of hydrogen-bond acceptors (Lipinski definition) is 6. The quantitative estimate of drug-likeness (QED) is 0.839. The van der Waals surface area contributed by atoms with E-state index in [-0.39, 0.29) is 12.0 Å². The maximum Gasteiger partial charge on any atom is 0.274 e. The zero-order valence-electron chi connectivity index (χ0n) is 13.1. The van der Waals surface area contributed by atoms with Gasteiger partial charge in [0.1, 0.15) is 12.0 Å². The van der Waals surface area contributed by atoms with E-state index in [0.29, 0.717) is 25.4 Å². The van der Waals surface area contributed by atoms with Gasteiger partial charge in [-0.15, -0.1) is 0 Å². The molecule has 1 atom stereocenters. The summed E-state index contributed by atoms with van der Waals surface area (Å²) in [7, 11) is 0. The minimum absolute atomic E-state index is 0.0136. The average molecular weight is 313 g/mol. The molecule has 2 aromatic rings. The Hall–Kier alpha value is -2.41. The monoisotopic (exact) mass is 313 g/mol. The molecule has 0 N–H and O–H groups in total. The normalized spacial score (nSPS) is 18.0. The molecule has 1 amide bonds. The first-order valence-electron chi connectivity index (χ1n) is 7.67. The summed E-state index contributed by atoms with van der Waals surface area (Å²) in [5, 5.41) is 0. The van der Waals surface area contributed by atoms with Crippen molar-refractivity contribution >= 4 is 5.91 Å². The molecule has 1 saturated heterocycles. The predicted molar refractivity (Wildman–Crippen MR) is 82.8 cm³/mol. The lowest BCUT2D eigenvalue weighted by molar-refractivity contribution is -0.0248. The number of hydrogen-bond donors (Lipinski definition) is 0. The third kappa shape index (κ3) is 4.07. The van der Waals surface area contributed by atoms with Crippen LogP contribution in [-0.4, -0.2) is 56.5 Å². The second kappa shape index (κ2) is 7.23. The van der Waals surface area contributed by atoms with Gasteiger partial charge in [0.15, 0.2) is 0 Å². The smallest absolute Gasteiger partial charge is 0.274 e. The van der Waals surface area contributed by atoms with E-state index in [1.165, 1.54) is 12.4 Å². The SMILES string of the molecule is Cc1cc(CC[C@H]2CN(C(=O)c3cnccn3)CCO2)ncn1. The minimum atomic E-state index is -0.0933. The molecular formula is C16H19N5O2. The Kier molecular flexibility index (Phi) is 4.87. The van der Waals surface area contributed by atoms with Gasteiger partial charge in [0.05, 0.1) is 18.9 Å². The van der Waals surface area contributed by atoms with E-state index >= 15 is 0 Å². The molecule has 3 heterocycles. The van der Waals surface area contributed by atoms with Gasteiger partial charge in [-0.25, -0.2) is 15.0 Å². The fourth-order valence-corrected chi connectivity index (χ4v) is 2.61. The Bertz CT molecular complexity index is 665. The molecule has 0 saturated carbocycles. The van der Waals surface area contributed by atoms with Gasteiger partial charge in [0.2, 0.25) is 0 Å². The summed E-state index contributed by atoms with van der Waals surface area (Å²) in [5.74, 6) is -0.0933. The Morgan fingerprint density at radius 3 is 3.04 bits per heavy atom. The van der Waals surface area contributed by atoms with Crippen LogP contribution in [0.25, 0.3) is 0 Å². The van der Waals surface area contributed by atoms with Crippen molar-refractivity contribution in [1.82, 2.24) is 24.8 Å². The first kappa shape index (κ1) is 15.5. The molecule has 0 aliphatic carbocycles. The highest BCUT2D eigenvalue weighted by Gasteiger charge is 2.25. The second-order valence-electron chi connectivity index (χ2n) is 5.52. The molecule has 1 aliphatic rings. The first-order chi connectivity index (χ1) is 11.2. The Balaban J connectivity index is 1.57. The summed E-state index contributed by atoms with van der Waals surface area (Å²) >= 11 is 0. The van der Waals surface area contributed by atoms with Crippen LogP contribution in [-0.2, 0) is 11.2 Å². The highest BCUT2D eigenvalue weighted by Crippen LogP contribution is 2.13. The topological polar surface area (TPSA) is 81.1 Å². The molecule has 0 spiro atoms. The first-order valence-corrected chi connectivity index (χ1v) is 7.67. The van der Waals surface area contributed by atoms with E-state index in [2.05, 4.69) is 19.9 Å². The lowest BCUT2D eigenvalue weighted by Crippen LogP contribution is -2.46. The van der Waals surface area contributed by atoms with Crippen LogP contribution in [0.1, 0.15) is 28.3 Å². The van der Waals surface area contributed by atoms with E-state index in [9.17, 15) is 4.79 Å². The lowest BCUT2D eigenvalue weighted by Gasteiger charge is -2.32. The standard InChI is InChI=1S/C16H19N5O2/c1-12-8-13(20-11-19-12)2-3-14-10-21(6-7-23-14)16(22)15-9-17-4-5-18-15/h4-5,8-9,11,14H,2-3,6-7,10H2,1H3/t14-/m0/s1. The number of morpholine rings is 1. The number of ether oxygens (including phenoxy) is 1. The molecule has 0 bridgehead atoms. The highest BCUT2D eigenvalue weighted by atomic mass is 16.5. The van der Waals surface area contributed by atoms with Gasteiger partial charge in [-0.1, -0.05) is 0 Å². The molecule has 0 radical (unpaired) electrons. The summed E-state index contributed by atoms with van der Waals surface area (Å²) in [4.78, 5) is 30.6. The minimum Gasteiger partial charge on any atom is -0.375 e. The van der Waals surface area contributed by atoms with Crippen molar-refractivity contribution in [2.75, 3.05) is 19.7 Å². The number of amides is 1. The molecule has 0 aromatic carbocycles. The van der Waals surface area contributed by atoms with Crippen molar-refractivity contribution in [1.29, 1.82) is 0 Å². The van der Waals surface area contributed by atoms with Gasteiger partial charge in [0, 0.05) is 36.9 Å². The van der Waals surface area contributed by atoms with Crippen LogP contribution in [0.4, 0.5) is 0 Å². The van der Waals surface area contributed by atoms with Gasteiger partial charge in [-0.3, -0.25) is 9.78 Å². The van der Waals surface area contributed by atoms with Crippen LogP contribution in [0.2, 0.25) is 0 Å². The molecule has 2 aromatic heterocycles. The summed E-state index contributed by atoms with van der Waals surface area (Å²) in [6.07, 6.45) is 7.81. The van der Waals surface area contributed by atoms with E-state index in [1.54, 1.807) is 17.4 Å². The van der Waals surface area contributed by atoms with Crippen LogP contribution in [0.3, 0.4) is 0 Å². The fourth-order valence-electron chi connectivity index (χ4n) is 2.61. The van der Waals surface area contributed by atoms with Crippen LogP contribution in [0.15, 0.2) is 31.0 Å². The van der Waals surface area contributed by atoms with Crippen LogP contribution in [0.5, 0.6) is 0 Å². The molecule has 7 nitrogen and oxygen atoms in total. The molecule has 0 unspecified atom stereocenters. The third-order valence-corrected chi connectivity index (χ3v) is 3.79. The van der Waals surface area contributed by atoms with E-state index in [4.69, 9.17) is 4.74 Å². The van der Waals surface area contributed by atoms with Gasteiger partial charge in [-0.05, 0) is 25.8 Å². The molecule has 7 heteroatoms. The van der Waals surface area contributed by atoms with Crippen LogP contribution < -0.4 is 0 Å². The molecule has 23 heavy (non-hydrogen) atoms. The highest BCUT2D eigenvalue weighted by molar-refractivity contribution is 5.92. The van der Waals surface area contributed by atoms with Gasteiger partial charge >= 0.3 is 0 Å². The summed E-state index contributed by atoms with van der Waals surface area (Å²) in [5.41, 5.74) is 2.33. The predicted octanol–water partition coefficient (Wildman–Crippen LogP) is 1.05. The van der Waals surface area contributed by atoms with Crippen molar-refractivity contribution in [3.05, 3.63) is 48.1 Å². The summed E-state index contributed by atoms with van der Waals surface area (Å²) in [6, 6.07) is 1.98. The third-order valence-electron chi connectivity index (χ3n) is 3.79. The van der Waals surface area contributed by atoms with Crippen LogP contribution >= 0.6 is 0 Å². The Morgan fingerprint density at radius 1 is 1.35 bits per heavy atom. The molecule has 3 rings (SSSR count). The van der Waals surface area contributed by atoms with Gasteiger partial charge < -0.3 is 9.64 Å². The number of nitrogens with zero attached hydrogens (tertiary/aromatic N) is 5. The lowest BCUT2D eigenvalue weighted by atomic mass is 10.1. The number of carbonyl (C=O) groups excluding carboxylic acids is 1. The summed E-state index contributed by atoms with van der Waals surface area (Å²) < 4.78 is 5.77. The van der Waals surface area contributed by atoms with Crippen molar-refractivity contribution in [3.8, 4) is 0 Å². The number of aromatic nitrogens is 4. The van der Waals surface area contributed by atoms with E-state index in [1.807, 2.05) is 13.0 Å². The van der Waals surface area contributed by atoms with E-state index < -0.39 is 0 Å². The molecule has 1 aliphatic heterocycles. The second-order valence-corrected chi connectivity index (χ2v) is 5.52. The van der Waals surface area contributed by atoms with E-state index in [0.717, 1.165) is 24.2 Å². The maximum atomic E-state index is 12.4.